The Hall–Kier alpha value is -3.62. The van der Waals surface area contributed by atoms with Gasteiger partial charge in [-0.25, -0.2) is 4.39 Å². The van der Waals surface area contributed by atoms with Crippen LogP contribution in [-0.4, -0.2) is 30.3 Å². The molecule has 156 valence electrons. The van der Waals surface area contributed by atoms with Crippen LogP contribution in [0.25, 0.3) is 11.3 Å². The van der Waals surface area contributed by atoms with E-state index in [1.54, 1.807) is 0 Å². The predicted molar refractivity (Wildman–Crippen MR) is 101 cm³/mol. The van der Waals surface area contributed by atoms with Crippen molar-refractivity contribution in [1.82, 2.24) is 4.90 Å². The average molecular weight is 420 g/mol. The van der Waals surface area contributed by atoms with Crippen LogP contribution in [0.3, 0.4) is 0 Å². The van der Waals surface area contributed by atoms with Crippen LogP contribution in [0.5, 0.6) is 0 Å². The molecule has 0 saturated heterocycles. The molecule has 0 atom stereocenters. The van der Waals surface area contributed by atoms with Crippen LogP contribution in [0.2, 0.25) is 0 Å². The predicted octanol–water partition coefficient (Wildman–Crippen LogP) is 4.82. The number of alkyl halides is 3. The van der Waals surface area contributed by atoms with Crippen LogP contribution in [-0.2, 0) is 11.0 Å². The highest BCUT2D eigenvalue weighted by atomic mass is 19.4. The summed E-state index contributed by atoms with van der Waals surface area (Å²) in [5.41, 5.74) is -0.825. The maximum absolute atomic E-state index is 13.0. The van der Waals surface area contributed by atoms with Crippen molar-refractivity contribution in [3.63, 3.8) is 0 Å². The van der Waals surface area contributed by atoms with Gasteiger partial charge in [0.15, 0.2) is 5.76 Å². The Morgan fingerprint density at radius 2 is 1.67 bits per heavy atom. The molecule has 1 heterocycles. The number of para-hydroxylation sites is 1. The van der Waals surface area contributed by atoms with Crippen LogP contribution < -0.4 is 5.32 Å². The zero-order valence-electron chi connectivity index (χ0n) is 15.7. The minimum Gasteiger partial charge on any atom is -0.451 e. The van der Waals surface area contributed by atoms with E-state index in [-0.39, 0.29) is 5.76 Å². The second-order valence-electron chi connectivity index (χ2n) is 6.42. The van der Waals surface area contributed by atoms with Crippen molar-refractivity contribution >= 4 is 17.5 Å². The molecule has 30 heavy (non-hydrogen) atoms. The smallest absolute Gasteiger partial charge is 0.418 e. The Labute approximate surface area is 168 Å². The SMILES string of the molecule is CN(CC(=O)Nc1ccccc1C(F)(F)F)C(=O)c1ccc(-c2ccc(F)cc2)o1. The van der Waals surface area contributed by atoms with Gasteiger partial charge in [-0.1, -0.05) is 12.1 Å². The van der Waals surface area contributed by atoms with Gasteiger partial charge in [0.25, 0.3) is 5.91 Å². The highest BCUT2D eigenvalue weighted by Crippen LogP contribution is 2.34. The van der Waals surface area contributed by atoms with Gasteiger partial charge in [0, 0.05) is 12.6 Å². The number of anilines is 1. The molecule has 3 aromatic rings. The van der Waals surface area contributed by atoms with E-state index in [2.05, 4.69) is 5.32 Å². The third-order valence-electron chi connectivity index (χ3n) is 4.18. The Bertz CT molecular complexity index is 1060. The Morgan fingerprint density at radius 3 is 2.33 bits per heavy atom. The highest BCUT2D eigenvalue weighted by Gasteiger charge is 2.33. The second-order valence-corrected chi connectivity index (χ2v) is 6.42. The quantitative estimate of drug-likeness (QED) is 0.603. The molecule has 2 amide bonds. The lowest BCUT2D eigenvalue weighted by Gasteiger charge is -2.17. The van der Waals surface area contributed by atoms with Crippen molar-refractivity contribution in [1.29, 1.82) is 0 Å². The van der Waals surface area contributed by atoms with Crippen molar-refractivity contribution < 1.29 is 31.6 Å². The lowest BCUT2D eigenvalue weighted by Crippen LogP contribution is -2.35. The summed E-state index contributed by atoms with van der Waals surface area (Å²) in [6, 6.07) is 12.9. The highest BCUT2D eigenvalue weighted by molar-refractivity contribution is 5.98. The van der Waals surface area contributed by atoms with Gasteiger partial charge >= 0.3 is 6.18 Å². The Kier molecular flexibility index (Phi) is 5.91. The van der Waals surface area contributed by atoms with E-state index in [1.165, 1.54) is 55.6 Å². The first kappa shape index (κ1) is 21.1. The summed E-state index contributed by atoms with van der Waals surface area (Å²) in [4.78, 5) is 25.6. The number of carbonyl (C=O) groups excluding carboxylic acids is 2. The fraction of sp³-hybridized carbons (Fsp3) is 0.143. The molecule has 1 aromatic heterocycles. The first-order chi connectivity index (χ1) is 14.1. The largest absolute Gasteiger partial charge is 0.451 e. The van der Waals surface area contributed by atoms with Gasteiger partial charge in [0.2, 0.25) is 5.91 Å². The van der Waals surface area contributed by atoms with Crippen molar-refractivity contribution in [2.45, 2.75) is 6.18 Å². The molecule has 0 radical (unpaired) electrons. The van der Waals surface area contributed by atoms with E-state index >= 15 is 0 Å². The van der Waals surface area contributed by atoms with Gasteiger partial charge in [-0.3, -0.25) is 9.59 Å². The number of furan rings is 1. The summed E-state index contributed by atoms with van der Waals surface area (Å²) in [6.07, 6.45) is -4.63. The third kappa shape index (κ3) is 4.86. The average Bonchev–Trinajstić information content (AvgIpc) is 3.17. The molecular weight excluding hydrogens is 404 g/mol. The van der Waals surface area contributed by atoms with Gasteiger partial charge in [-0.05, 0) is 48.5 Å². The van der Waals surface area contributed by atoms with Crippen molar-refractivity contribution in [2.75, 3.05) is 18.9 Å². The molecular formula is C21H16F4N2O3. The molecule has 5 nitrogen and oxygen atoms in total. The molecule has 0 fully saturated rings. The second kappa shape index (κ2) is 8.40. The summed E-state index contributed by atoms with van der Waals surface area (Å²) >= 11 is 0. The molecule has 0 unspecified atom stereocenters. The molecule has 0 saturated carbocycles. The zero-order valence-corrected chi connectivity index (χ0v) is 15.7. The number of carbonyl (C=O) groups is 2. The van der Waals surface area contributed by atoms with Gasteiger partial charge in [0.1, 0.15) is 11.6 Å². The standard InChI is InChI=1S/C21H16F4N2O3/c1-27(12-19(28)26-16-5-3-2-4-15(16)21(23,24)25)20(29)18-11-10-17(30-18)13-6-8-14(22)9-7-13/h2-11H,12H2,1H3,(H,26,28). The maximum Gasteiger partial charge on any atom is 0.418 e. The van der Waals surface area contributed by atoms with Crippen LogP contribution in [0.15, 0.2) is 65.1 Å². The third-order valence-corrected chi connectivity index (χ3v) is 4.18. The molecule has 0 aliphatic carbocycles. The van der Waals surface area contributed by atoms with Gasteiger partial charge in [-0.2, -0.15) is 13.2 Å². The summed E-state index contributed by atoms with van der Waals surface area (Å²) in [6.45, 7) is -0.488. The van der Waals surface area contributed by atoms with Crippen molar-refractivity contribution in [2.24, 2.45) is 0 Å². The fourth-order valence-electron chi connectivity index (χ4n) is 2.73. The van der Waals surface area contributed by atoms with Gasteiger partial charge in [-0.15, -0.1) is 0 Å². The number of hydrogen-bond donors (Lipinski definition) is 1. The fourth-order valence-corrected chi connectivity index (χ4v) is 2.73. The first-order valence-electron chi connectivity index (χ1n) is 8.72. The van der Waals surface area contributed by atoms with Gasteiger partial charge in [0.05, 0.1) is 17.8 Å². The number of likely N-dealkylation sites (N-methyl/N-ethyl adjacent to an activating group) is 1. The minimum absolute atomic E-state index is 0.0692. The Balaban J connectivity index is 1.66. The summed E-state index contributed by atoms with van der Waals surface area (Å²) in [5, 5.41) is 2.17. The van der Waals surface area contributed by atoms with E-state index < -0.39 is 41.6 Å². The number of nitrogens with one attached hydrogen (secondary N) is 1. The van der Waals surface area contributed by atoms with E-state index in [0.717, 1.165) is 17.0 Å². The summed E-state index contributed by atoms with van der Waals surface area (Å²) in [7, 11) is 1.32. The Morgan fingerprint density at radius 1 is 1.00 bits per heavy atom. The summed E-state index contributed by atoms with van der Waals surface area (Å²) in [5.74, 6) is -1.59. The van der Waals surface area contributed by atoms with E-state index in [1.807, 2.05) is 0 Å². The van der Waals surface area contributed by atoms with Crippen molar-refractivity contribution in [3.8, 4) is 11.3 Å². The van der Waals surface area contributed by atoms with Crippen LogP contribution in [0.1, 0.15) is 16.1 Å². The minimum atomic E-state index is -4.63. The maximum atomic E-state index is 13.0. The first-order valence-corrected chi connectivity index (χ1v) is 8.72. The number of hydrogen-bond acceptors (Lipinski definition) is 3. The molecule has 3 rings (SSSR count). The van der Waals surface area contributed by atoms with Gasteiger partial charge < -0.3 is 14.6 Å². The van der Waals surface area contributed by atoms with Crippen LogP contribution in [0.4, 0.5) is 23.2 Å². The molecule has 0 spiro atoms. The number of rotatable bonds is 5. The summed E-state index contributed by atoms with van der Waals surface area (Å²) < 4.78 is 57.6. The molecule has 0 aliphatic heterocycles. The number of amides is 2. The molecule has 2 aromatic carbocycles. The van der Waals surface area contributed by atoms with Crippen molar-refractivity contribution in [3.05, 3.63) is 77.8 Å². The molecule has 9 heteroatoms. The lowest BCUT2D eigenvalue weighted by molar-refractivity contribution is -0.137. The number of nitrogens with zero attached hydrogens (tertiary/aromatic N) is 1. The van der Waals surface area contributed by atoms with E-state index in [4.69, 9.17) is 4.42 Å². The topological polar surface area (TPSA) is 62.6 Å². The number of halogens is 4. The monoisotopic (exact) mass is 420 g/mol. The molecule has 1 N–H and O–H groups in total. The normalized spacial score (nSPS) is 11.2. The van der Waals surface area contributed by atoms with Crippen LogP contribution >= 0.6 is 0 Å². The van der Waals surface area contributed by atoms with Crippen LogP contribution in [0, 0.1) is 5.82 Å². The van der Waals surface area contributed by atoms with E-state index in [9.17, 15) is 27.2 Å². The number of benzene rings is 2. The zero-order chi connectivity index (χ0) is 21.9. The molecule has 0 aliphatic rings. The lowest BCUT2D eigenvalue weighted by atomic mass is 10.1. The molecule has 0 bridgehead atoms. The van der Waals surface area contributed by atoms with E-state index in [0.29, 0.717) is 11.3 Å².